The van der Waals surface area contributed by atoms with Crippen molar-refractivity contribution in [1.82, 2.24) is 5.32 Å². The minimum Gasteiger partial charge on any atom is -0.350 e. The number of hydrogen-bond donors (Lipinski definition) is 1. The van der Waals surface area contributed by atoms with Gasteiger partial charge in [-0.2, -0.15) is 0 Å². The lowest BCUT2D eigenvalue weighted by Crippen LogP contribution is -2.26. The second-order valence-electron chi connectivity index (χ2n) is 6.11. The number of carbonyl (C=O) groups is 2. The predicted octanol–water partition coefficient (Wildman–Crippen LogP) is 5.13. The van der Waals surface area contributed by atoms with Crippen LogP contribution in [-0.2, 0) is 4.79 Å². The molecule has 0 saturated heterocycles. The van der Waals surface area contributed by atoms with Crippen LogP contribution in [0.25, 0.3) is 10.8 Å². The molecule has 3 nitrogen and oxygen atoms in total. The molecule has 0 radical (unpaired) electrons. The highest BCUT2D eigenvalue weighted by atomic mass is 32.1. The molecule has 0 saturated carbocycles. The largest absolute Gasteiger partial charge is 0.350 e. The summed E-state index contributed by atoms with van der Waals surface area (Å²) in [5, 5.41) is 7.27. The first-order valence-corrected chi connectivity index (χ1v) is 9.37. The van der Waals surface area contributed by atoms with Gasteiger partial charge in [0, 0.05) is 12.8 Å². The third-order valence-corrected chi connectivity index (χ3v) is 5.18. The molecule has 1 amide bonds. The number of rotatable bonds is 7. The van der Waals surface area contributed by atoms with Crippen molar-refractivity contribution in [3.8, 4) is 0 Å². The van der Waals surface area contributed by atoms with E-state index in [1.807, 2.05) is 48.7 Å². The van der Waals surface area contributed by atoms with Crippen molar-refractivity contribution in [3.05, 3.63) is 70.4 Å². The van der Waals surface area contributed by atoms with E-state index in [2.05, 4.69) is 23.5 Å². The van der Waals surface area contributed by atoms with Gasteiger partial charge in [0.05, 0.1) is 10.9 Å². The summed E-state index contributed by atoms with van der Waals surface area (Å²) in [6.07, 6.45) is 1.35. The SMILES string of the molecule is C[C@H](NC(=O)CCCC(=O)c1cccs1)c1cccc2ccccc12. The second kappa shape index (κ2) is 8.08. The third-order valence-electron chi connectivity index (χ3n) is 4.27. The molecule has 0 spiro atoms. The van der Waals surface area contributed by atoms with E-state index >= 15 is 0 Å². The summed E-state index contributed by atoms with van der Waals surface area (Å²) in [6, 6.07) is 17.9. The van der Waals surface area contributed by atoms with Crippen molar-refractivity contribution in [2.75, 3.05) is 0 Å². The van der Waals surface area contributed by atoms with Crippen LogP contribution in [0, 0.1) is 0 Å². The van der Waals surface area contributed by atoms with Gasteiger partial charge < -0.3 is 5.32 Å². The number of Topliss-reactive ketones (excluding diaryl/α,β-unsaturated/α-hetero) is 1. The zero-order valence-corrected chi connectivity index (χ0v) is 15.0. The predicted molar refractivity (Wildman–Crippen MR) is 103 cm³/mol. The van der Waals surface area contributed by atoms with Crippen LogP contribution in [-0.4, -0.2) is 11.7 Å². The van der Waals surface area contributed by atoms with Crippen LogP contribution in [0.2, 0.25) is 0 Å². The number of ketones is 1. The van der Waals surface area contributed by atoms with Gasteiger partial charge in [0.1, 0.15) is 0 Å². The number of carbonyl (C=O) groups excluding carboxylic acids is 2. The highest BCUT2D eigenvalue weighted by Crippen LogP contribution is 2.24. The first-order valence-electron chi connectivity index (χ1n) is 8.49. The molecule has 1 atom stereocenters. The Labute approximate surface area is 151 Å². The Kier molecular flexibility index (Phi) is 5.61. The molecular weight excluding hydrogens is 330 g/mol. The fourth-order valence-electron chi connectivity index (χ4n) is 2.99. The Morgan fingerprint density at radius 1 is 1.00 bits per heavy atom. The van der Waals surface area contributed by atoms with Gasteiger partial charge in [0.2, 0.25) is 5.91 Å². The van der Waals surface area contributed by atoms with E-state index in [0.29, 0.717) is 19.3 Å². The lowest BCUT2D eigenvalue weighted by Gasteiger charge is -2.16. The van der Waals surface area contributed by atoms with E-state index in [0.717, 1.165) is 15.8 Å². The maximum Gasteiger partial charge on any atom is 0.220 e. The topological polar surface area (TPSA) is 46.2 Å². The Bertz CT molecular complexity index is 865. The van der Waals surface area contributed by atoms with Crippen molar-refractivity contribution in [3.63, 3.8) is 0 Å². The minimum atomic E-state index is -0.0633. The summed E-state index contributed by atoms with van der Waals surface area (Å²) in [5.74, 6) is 0.101. The van der Waals surface area contributed by atoms with Crippen LogP contribution in [0.5, 0.6) is 0 Å². The van der Waals surface area contributed by atoms with Gasteiger partial charge >= 0.3 is 0 Å². The number of thiophene rings is 1. The zero-order valence-electron chi connectivity index (χ0n) is 14.2. The van der Waals surface area contributed by atoms with Crippen molar-refractivity contribution in [1.29, 1.82) is 0 Å². The van der Waals surface area contributed by atoms with Crippen LogP contribution in [0.3, 0.4) is 0 Å². The smallest absolute Gasteiger partial charge is 0.220 e. The monoisotopic (exact) mass is 351 g/mol. The van der Waals surface area contributed by atoms with Crippen molar-refractivity contribution < 1.29 is 9.59 Å². The zero-order chi connectivity index (χ0) is 17.6. The molecule has 3 rings (SSSR count). The minimum absolute atomic E-state index is 0.0144. The van der Waals surface area contributed by atoms with E-state index in [1.165, 1.54) is 16.7 Å². The molecule has 4 heteroatoms. The van der Waals surface area contributed by atoms with Crippen LogP contribution in [0.4, 0.5) is 0 Å². The van der Waals surface area contributed by atoms with E-state index in [4.69, 9.17) is 0 Å². The molecule has 25 heavy (non-hydrogen) atoms. The first-order chi connectivity index (χ1) is 12.1. The van der Waals surface area contributed by atoms with Crippen LogP contribution >= 0.6 is 11.3 Å². The Balaban J connectivity index is 1.54. The number of fused-ring (bicyclic) bond motifs is 1. The highest BCUT2D eigenvalue weighted by molar-refractivity contribution is 7.12. The molecule has 3 aromatic rings. The van der Waals surface area contributed by atoms with Crippen molar-refractivity contribution in [2.24, 2.45) is 0 Å². The average molecular weight is 351 g/mol. The van der Waals surface area contributed by atoms with Gasteiger partial charge in [-0.25, -0.2) is 0 Å². The van der Waals surface area contributed by atoms with Crippen molar-refractivity contribution >= 4 is 33.8 Å². The summed E-state index contributed by atoms with van der Waals surface area (Å²) in [4.78, 5) is 24.9. The molecule has 0 aliphatic carbocycles. The van der Waals surface area contributed by atoms with E-state index in [-0.39, 0.29) is 17.7 Å². The molecule has 1 aromatic heterocycles. The summed E-state index contributed by atoms with van der Waals surface area (Å²) in [7, 11) is 0. The molecule has 0 fully saturated rings. The second-order valence-corrected chi connectivity index (χ2v) is 7.06. The fourth-order valence-corrected chi connectivity index (χ4v) is 3.68. The number of hydrogen-bond acceptors (Lipinski definition) is 3. The quantitative estimate of drug-likeness (QED) is 0.600. The van der Waals surface area contributed by atoms with Gasteiger partial charge in [-0.1, -0.05) is 48.5 Å². The first kappa shape index (κ1) is 17.4. The molecule has 0 bridgehead atoms. The van der Waals surface area contributed by atoms with Crippen LogP contribution in [0.15, 0.2) is 60.0 Å². The molecule has 2 aromatic carbocycles. The third kappa shape index (κ3) is 4.34. The summed E-state index contributed by atoms with van der Waals surface area (Å²) in [5.41, 5.74) is 1.11. The Morgan fingerprint density at radius 3 is 2.60 bits per heavy atom. The van der Waals surface area contributed by atoms with Gasteiger partial charge in [0.15, 0.2) is 5.78 Å². The molecule has 0 unspecified atom stereocenters. The van der Waals surface area contributed by atoms with Crippen molar-refractivity contribution in [2.45, 2.75) is 32.2 Å². The highest BCUT2D eigenvalue weighted by Gasteiger charge is 2.13. The lowest BCUT2D eigenvalue weighted by molar-refractivity contribution is -0.121. The van der Waals surface area contributed by atoms with Gasteiger partial charge in [-0.15, -0.1) is 11.3 Å². The van der Waals surface area contributed by atoms with Gasteiger partial charge in [0.25, 0.3) is 0 Å². The normalized spacial score (nSPS) is 12.0. The molecule has 0 aliphatic rings. The number of nitrogens with one attached hydrogen (secondary N) is 1. The molecule has 0 aliphatic heterocycles. The molecule has 1 N–H and O–H groups in total. The summed E-state index contributed by atoms with van der Waals surface area (Å²) < 4.78 is 0. The average Bonchev–Trinajstić information content (AvgIpc) is 3.16. The van der Waals surface area contributed by atoms with E-state index in [1.54, 1.807) is 0 Å². The van der Waals surface area contributed by atoms with Crippen LogP contribution in [0.1, 0.15) is 47.5 Å². The van der Waals surface area contributed by atoms with Crippen LogP contribution < -0.4 is 5.32 Å². The molecule has 128 valence electrons. The molecular formula is C21H21NO2S. The maximum absolute atomic E-state index is 12.2. The number of amides is 1. The Hall–Kier alpha value is -2.46. The van der Waals surface area contributed by atoms with E-state index < -0.39 is 0 Å². The Morgan fingerprint density at radius 2 is 1.80 bits per heavy atom. The summed E-state index contributed by atoms with van der Waals surface area (Å²) in [6.45, 7) is 2.00. The number of benzene rings is 2. The van der Waals surface area contributed by atoms with Gasteiger partial charge in [-0.05, 0) is 41.1 Å². The van der Waals surface area contributed by atoms with E-state index in [9.17, 15) is 9.59 Å². The maximum atomic E-state index is 12.2. The lowest BCUT2D eigenvalue weighted by atomic mass is 9.99. The standard InChI is InChI=1S/C21H21NO2S/c1-15(17-10-4-8-16-7-2-3-9-18(16)17)22-21(24)13-5-11-19(23)20-12-6-14-25-20/h2-4,6-10,12,14-15H,5,11,13H2,1H3,(H,22,24)/t15-/m0/s1. The summed E-state index contributed by atoms with van der Waals surface area (Å²) >= 11 is 1.45. The fraction of sp³-hybridized carbons (Fsp3) is 0.238. The molecule has 1 heterocycles. The van der Waals surface area contributed by atoms with Gasteiger partial charge in [-0.3, -0.25) is 9.59 Å².